The molecule has 0 unspecified atom stereocenters. The molecule has 1 fully saturated rings. The third-order valence-electron chi connectivity index (χ3n) is 6.39. The van der Waals surface area contributed by atoms with Crippen molar-refractivity contribution >= 4 is 11.6 Å². The molecule has 2 aliphatic rings. The highest BCUT2D eigenvalue weighted by atomic mass is 19.1. The van der Waals surface area contributed by atoms with Crippen molar-refractivity contribution in [2.24, 2.45) is 0 Å². The van der Waals surface area contributed by atoms with Crippen molar-refractivity contribution in [3.05, 3.63) is 58.7 Å². The average Bonchev–Trinajstić information content (AvgIpc) is 3.01. The third kappa shape index (κ3) is 4.49. The summed E-state index contributed by atoms with van der Waals surface area (Å²) in [6.07, 6.45) is 0.522. The first-order valence-electron chi connectivity index (χ1n) is 10.9. The van der Waals surface area contributed by atoms with Crippen molar-refractivity contribution in [2.75, 3.05) is 37.6 Å². The number of piperazine rings is 1. The van der Waals surface area contributed by atoms with E-state index in [-0.39, 0.29) is 23.7 Å². The first-order chi connectivity index (χ1) is 14.8. The number of carbonyl (C=O) groups is 1. The molecule has 2 N–H and O–H groups in total. The number of aliphatic hydroxyl groups excluding tert-OH is 1. The van der Waals surface area contributed by atoms with Crippen LogP contribution in [0.1, 0.15) is 43.3 Å². The van der Waals surface area contributed by atoms with Gasteiger partial charge in [0.15, 0.2) is 0 Å². The van der Waals surface area contributed by atoms with Crippen LogP contribution in [0.3, 0.4) is 0 Å². The number of aliphatic hydroxyl groups is 1. The monoisotopic (exact) mass is 426 g/mol. The van der Waals surface area contributed by atoms with E-state index in [0.29, 0.717) is 31.2 Å². The molecule has 4 rings (SSSR count). The quantitative estimate of drug-likeness (QED) is 0.768. The van der Waals surface area contributed by atoms with Gasteiger partial charge in [-0.2, -0.15) is 0 Å². The van der Waals surface area contributed by atoms with Crippen LogP contribution in [0.2, 0.25) is 0 Å². The van der Waals surface area contributed by atoms with E-state index in [9.17, 15) is 14.3 Å². The van der Waals surface area contributed by atoms with E-state index in [4.69, 9.17) is 4.98 Å². The van der Waals surface area contributed by atoms with E-state index in [1.54, 1.807) is 12.1 Å². The van der Waals surface area contributed by atoms with Gasteiger partial charge < -0.3 is 15.3 Å². The molecule has 1 saturated heterocycles. The van der Waals surface area contributed by atoms with E-state index >= 15 is 0 Å². The zero-order valence-electron chi connectivity index (χ0n) is 18.5. The summed E-state index contributed by atoms with van der Waals surface area (Å²) in [6, 6.07) is 8.65. The minimum absolute atomic E-state index is 0.0758. The maximum Gasteiger partial charge on any atom is 0.241 e. The number of aromatic nitrogens is 1. The molecular weight excluding hydrogens is 395 g/mol. The van der Waals surface area contributed by atoms with Crippen LogP contribution in [0.4, 0.5) is 10.1 Å². The van der Waals surface area contributed by atoms with Crippen molar-refractivity contribution in [1.82, 2.24) is 15.2 Å². The Morgan fingerprint density at radius 3 is 2.74 bits per heavy atom. The van der Waals surface area contributed by atoms with Crippen molar-refractivity contribution < 1.29 is 14.3 Å². The number of hydrogen-bond acceptors (Lipinski definition) is 5. The summed E-state index contributed by atoms with van der Waals surface area (Å²) in [5.41, 5.74) is 3.79. The largest absolute Gasteiger partial charge is 0.390 e. The molecule has 0 aliphatic carbocycles. The minimum Gasteiger partial charge on any atom is -0.390 e. The molecule has 1 atom stereocenters. The highest BCUT2D eigenvalue weighted by molar-refractivity contribution is 5.97. The van der Waals surface area contributed by atoms with Gasteiger partial charge in [-0.25, -0.2) is 4.39 Å². The van der Waals surface area contributed by atoms with Crippen LogP contribution in [-0.2, 0) is 23.2 Å². The third-order valence-corrected chi connectivity index (χ3v) is 6.39. The Labute approximate surface area is 183 Å². The highest BCUT2D eigenvalue weighted by Gasteiger charge is 2.40. The van der Waals surface area contributed by atoms with Gasteiger partial charge in [-0.15, -0.1) is 0 Å². The van der Waals surface area contributed by atoms with Gasteiger partial charge in [0.25, 0.3) is 0 Å². The van der Waals surface area contributed by atoms with E-state index in [1.807, 2.05) is 11.0 Å². The van der Waals surface area contributed by atoms with Gasteiger partial charge in [-0.1, -0.05) is 26.0 Å². The predicted molar refractivity (Wildman–Crippen MR) is 119 cm³/mol. The maximum atomic E-state index is 13.3. The Hall–Kier alpha value is -2.35. The predicted octanol–water partition coefficient (Wildman–Crippen LogP) is 2.22. The lowest BCUT2D eigenvalue weighted by molar-refractivity contribution is -0.120. The van der Waals surface area contributed by atoms with Crippen molar-refractivity contribution in [3.63, 3.8) is 0 Å². The first-order valence-corrected chi connectivity index (χ1v) is 10.9. The highest BCUT2D eigenvalue weighted by Crippen LogP contribution is 2.40. The van der Waals surface area contributed by atoms with Crippen LogP contribution in [0.15, 0.2) is 30.3 Å². The number of amides is 1. The molecule has 1 aromatic heterocycles. The van der Waals surface area contributed by atoms with Gasteiger partial charge in [0.05, 0.1) is 30.2 Å². The van der Waals surface area contributed by atoms with E-state index in [0.717, 1.165) is 42.1 Å². The van der Waals surface area contributed by atoms with Gasteiger partial charge in [0.1, 0.15) is 5.82 Å². The summed E-state index contributed by atoms with van der Waals surface area (Å²) in [6.45, 7) is 9.72. The Kier molecular flexibility index (Phi) is 6.10. The number of carbonyl (C=O) groups excluding carboxylic acids is 1. The number of hydrogen-bond donors (Lipinski definition) is 2. The number of nitrogens with one attached hydrogen (secondary N) is 1. The molecule has 31 heavy (non-hydrogen) atoms. The molecule has 1 amide bonds. The zero-order chi connectivity index (χ0) is 22.2. The molecule has 2 aromatic rings. The van der Waals surface area contributed by atoms with Crippen LogP contribution in [0, 0.1) is 5.82 Å². The number of nitrogens with zero attached hydrogens (tertiary/aromatic N) is 3. The molecule has 0 bridgehead atoms. The lowest BCUT2D eigenvalue weighted by atomic mass is 9.90. The van der Waals surface area contributed by atoms with E-state index in [2.05, 4.69) is 31.0 Å². The van der Waals surface area contributed by atoms with Gasteiger partial charge in [-0.3, -0.25) is 14.7 Å². The smallest absolute Gasteiger partial charge is 0.241 e. The molecule has 0 saturated carbocycles. The van der Waals surface area contributed by atoms with Crippen LogP contribution >= 0.6 is 0 Å². The summed E-state index contributed by atoms with van der Waals surface area (Å²) < 4.78 is 13.3. The summed E-state index contributed by atoms with van der Waals surface area (Å²) >= 11 is 0. The van der Waals surface area contributed by atoms with Crippen molar-refractivity contribution in [3.8, 4) is 0 Å². The number of rotatable bonds is 5. The second-order valence-electron chi connectivity index (χ2n) is 9.31. The molecule has 7 heteroatoms. The Bertz CT molecular complexity index is 961. The minimum atomic E-state index is -0.293. The van der Waals surface area contributed by atoms with Crippen LogP contribution in [0.25, 0.3) is 0 Å². The molecule has 2 aliphatic heterocycles. The molecular formula is C24H31FN4O2. The molecule has 3 heterocycles. The second-order valence-corrected chi connectivity index (χ2v) is 9.31. The SMILES string of the molecule is C[C@H]1CNCCN1CC(=O)N1CC(C)(C)c2nc(CO)c(Cc3ccc(F)cc3)cc21. The summed E-state index contributed by atoms with van der Waals surface area (Å²) in [4.78, 5) is 22.2. The van der Waals surface area contributed by atoms with Gasteiger partial charge in [-0.05, 0) is 42.7 Å². The van der Waals surface area contributed by atoms with Crippen molar-refractivity contribution in [1.29, 1.82) is 0 Å². The Morgan fingerprint density at radius 2 is 2.06 bits per heavy atom. The number of anilines is 1. The fourth-order valence-corrected chi connectivity index (χ4v) is 4.55. The lowest BCUT2D eigenvalue weighted by Gasteiger charge is -2.34. The number of fused-ring (bicyclic) bond motifs is 1. The lowest BCUT2D eigenvalue weighted by Crippen LogP contribution is -2.53. The summed E-state index contributed by atoms with van der Waals surface area (Å²) in [5.74, 6) is -0.203. The molecule has 0 radical (unpaired) electrons. The fourth-order valence-electron chi connectivity index (χ4n) is 4.55. The second kappa shape index (κ2) is 8.65. The number of benzene rings is 1. The van der Waals surface area contributed by atoms with Gasteiger partial charge in [0, 0.05) is 37.6 Å². The zero-order valence-corrected chi connectivity index (χ0v) is 18.5. The Balaban J connectivity index is 1.64. The van der Waals surface area contributed by atoms with Crippen molar-refractivity contribution in [2.45, 2.75) is 45.3 Å². The maximum absolute atomic E-state index is 13.3. The molecule has 6 nitrogen and oxygen atoms in total. The summed E-state index contributed by atoms with van der Waals surface area (Å²) in [7, 11) is 0. The topological polar surface area (TPSA) is 68.7 Å². The van der Waals surface area contributed by atoms with Gasteiger partial charge in [0.2, 0.25) is 5.91 Å². The van der Waals surface area contributed by atoms with Gasteiger partial charge >= 0.3 is 0 Å². The van der Waals surface area contributed by atoms with E-state index < -0.39 is 0 Å². The first kappa shape index (κ1) is 21.9. The summed E-state index contributed by atoms with van der Waals surface area (Å²) in [5, 5.41) is 13.3. The Morgan fingerprint density at radius 1 is 1.32 bits per heavy atom. The van der Waals surface area contributed by atoms with Crippen LogP contribution < -0.4 is 10.2 Å². The standard InChI is InChI=1S/C24H31FN4O2/c1-16-12-26-8-9-28(16)13-22(31)29-15-24(2,3)23-21(29)11-18(20(14-30)27-23)10-17-4-6-19(25)7-5-17/h4-7,11,16,26,30H,8-10,12-15H2,1-3H3/t16-/m0/s1. The average molecular weight is 427 g/mol. The van der Waals surface area contributed by atoms with E-state index in [1.165, 1.54) is 12.1 Å². The van der Waals surface area contributed by atoms with Crippen LogP contribution in [-0.4, -0.2) is 59.7 Å². The normalized spacial score (nSPS) is 20.7. The molecule has 1 aromatic carbocycles. The van der Waals surface area contributed by atoms with Crippen LogP contribution in [0.5, 0.6) is 0 Å². The molecule has 166 valence electrons. The number of pyridine rings is 1. The number of halogens is 1. The molecule has 0 spiro atoms. The fraction of sp³-hybridized carbons (Fsp3) is 0.500.